The van der Waals surface area contributed by atoms with Gasteiger partial charge in [0.05, 0.1) is 0 Å². The lowest BCUT2D eigenvalue weighted by Gasteiger charge is -2.32. The third-order valence-corrected chi connectivity index (χ3v) is 2.26. The molecule has 3 heteroatoms. The van der Waals surface area contributed by atoms with Gasteiger partial charge in [-0.3, -0.25) is 0 Å². The van der Waals surface area contributed by atoms with Gasteiger partial charge >= 0.3 is 5.97 Å². The van der Waals surface area contributed by atoms with Crippen molar-refractivity contribution in [2.24, 2.45) is 0 Å². The number of rotatable bonds is 1. The van der Waals surface area contributed by atoms with Gasteiger partial charge < -0.3 is 10.0 Å². The van der Waals surface area contributed by atoms with Crippen molar-refractivity contribution < 1.29 is 9.90 Å². The van der Waals surface area contributed by atoms with E-state index in [1.54, 1.807) is 29.5 Å². The molecule has 0 aromatic heterocycles. The van der Waals surface area contributed by atoms with E-state index in [-0.39, 0.29) is 0 Å². The molecule has 12 heavy (non-hydrogen) atoms. The van der Waals surface area contributed by atoms with E-state index in [9.17, 15) is 4.79 Å². The van der Waals surface area contributed by atoms with Gasteiger partial charge in [0.1, 0.15) is 0 Å². The summed E-state index contributed by atoms with van der Waals surface area (Å²) in [5, 5.41) is 9.03. The van der Waals surface area contributed by atoms with E-state index in [4.69, 9.17) is 5.11 Å². The fourth-order valence-electron chi connectivity index (χ4n) is 1.55. The van der Waals surface area contributed by atoms with Crippen molar-refractivity contribution in [1.29, 1.82) is 0 Å². The van der Waals surface area contributed by atoms with Crippen LogP contribution in [0.15, 0.2) is 36.7 Å². The van der Waals surface area contributed by atoms with Crippen LogP contribution in [0.1, 0.15) is 6.42 Å². The van der Waals surface area contributed by atoms with Gasteiger partial charge in [-0.05, 0) is 12.2 Å². The van der Waals surface area contributed by atoms with Crippen molar-refractivity contribution in [3.05, 3.63) is 36.7 Å². The molecule has 0 saturated carbocycles. The van der Waals surface area contributed by atoms with E-state index in [0.29, 0.717) is 6.42 Å². The molecule has 2 aliphatic rings. The van der Waals surface area contributed by atoms with Gasteiger partial charge in [-0.25, -0.2) is 4.79 Å². The molecule has 3 nitrogen and oxygen atoms in total. The molecular formula is C9H9NO2. The summed E-state index contributed by atoms with van der Waals surface area (Å²) in [6.45, 7) is 0. The number of nitrogens with zero attached hydrogens (tertiary/aromatic N) is 1. The van der Waals surface area contributed by atoms with Gasteiger partial charge in [0.25, 0.3) is 0 Å². The number of carboxylic acids is 1. The maximum Gasteiger partial charge on any atom is 0.334 e. The van der Waals surface area contributed by atoms with Gasteiger partial charge in [-0.2, -0.15) is 0 Å². The molecule has 0 amide bonds. The smallest absolute Gasteiger partial charge is 0.334 e. The summed E-state index contributed by atoms with van der Waals surface area (Å²) >= 11 is 0. The van der Waals surface area contributed by atoms with Crippen molar-refractivity contribution in [1.82, 2.24) is 4.90 Å². The van der Waals surface area contributed by atoms with Gasteiger partial charge in [-0.1, -0.05) is 12.2 Å². The second-order valence-electron chi connectivity index (χ2n) is 2.93. The molecule has 0 radical (unpaired) electrons. The first-order chi connectivity index (χ1) is 5.76. The number of hydrogen-bond donors (Lipinski definition) is 1. The Hall–Kier alpha value is -1.51. The molecule has 2 heterocycles. The SMILES string of the molecule is O=C(O)C12C=CC=CN1C=CC2. The van der Waals surface area contributed by atoms with Crippen LogP contribution in [-0.2, 0) is 4.79 Å². The summed E-state index contributed by atoms with van der Waals surface area (Å²) in [7, 11) is 0. The average Bonchev–Trinajstić information content (AvgIpc) is 2.48. The van der Waals surface area contributed by atoms with Crippen molar-refractivity contribution in [3.63, 3.8) is 0 Å². The number of carboxylic acid groups (broad SMARTS) is 1. The highest BCUT2D eigenvalue weighted by Crippen LogP contribution is 2.31. The highest BCUT2D eigenvalue weighted by molar-refractivity contribution is 5.83. The molecule has 2 aliphatic heterocycles. The van der Waals surface area contributed by atoms with Crippen molar-refractivity contribution in [3.8, 4) is 0 Å². The van der Waals surface area contributed by atoms with E-state index in [1.807, 2.05) is 12.2 Å². The molecule has 0 aromatic rings. The first kappa shape index (κ1) is 7.16. The first-order valence-electron chi connectivity index (χ1n) is 3.80. The Kier molecular flexibility index (Phi) is 1.33. The van der Waals surface area contributed by atoms with Crippen molar-refractivity contribution >= 4 is 5.97 Å². The average molecular weight is 163 g/mol. The molecule has 0 saturated heterocycles. The minimum absolute atomic E-state index is 0.545. The van der Waals surface area contributed by atoms with Gasteiger partial charge in [-0.15, -0.1) is 0 Å². The van der Waals surface area contributed by atoms with E-state index in [2.05, 4.69) is 0 Å². The monoisotopic (exact) mass is 163 g/mol. The third-order valence-electron chi connectivity index (χ3n) is 2.26. The zero-order valence-electron chi connectivity index (χ0n) is 6.47. The molecule has 1 atom stereocenters. The number of allylic oxidation sites excluding steroid dienone is 2. The largest absolute Gasteiger partial charge is 0.479 e. The molecule has 2 rings (SSSR count). The first-order valence-corrected chi connectivity index (χ1v) is 3.80. The molecule has 0 aromatic carbocycles. The van der Waals surface area contributed by atoms with E-state index in [1.165, 1.54) is 0 Å². The summed E-state index contributed by atoms with van der Waals surface area (Å²) in [6, 6.07) is 0. The van der Waals surface area contributed by atoms with Crippen LogP contribution in [-0.4, -0.2) is 21.5 Å². The van der Waals surface area contributed by atoms with Crippen LogP contribution >= 0.6 is 0 Å². The van der Waals surface area contributed by atoms with Crippen LogP contribution in [0.3, 0.4) is 0 Å². The Labute approximate surface area is 70.3 Å². The summed E-state index contributed by atoms with van der Waals surface area (Å²) in [6.07, 6.45) is 11.3. The lowest BCUT2D eigenvalue weighted by Crippen LogP contribution is -2.46. The molecule has 1 N–H and O–H groups in total. The molecule has 0 aliphatic carbocycles. The van der Waals surface area contributed by atoms with Gasteiger partial charge in [0, 0.05) is 18.8 Å². The lowest BCUT2D eigenvalue weighted by atomic mass is 9.94. The van der Waals surface area contributed by atoms with E-state index in [0.717, 1.165) is 0 Å². The zero-order chi connectivity index (χ0) is 8.60. The Morgan fingerprint density at radius 3 is 2.92 bits per heavy atom. The quantitative estimate of drug-likeness (QED) is 0.629. The Bertz CT molecular complexity index is 304. The standard InChI is InChI=1S/C9H9NO2/c11-8(12)9-4-1-2-6-10(9)7-3-5-9/h1-4,6-7H,5H2,(H,11,12). The van der Waals surface area contributed by atoms with E-state index < -0.39 is 11.5 Å². The highest BCUT2D eigenvalue weighted by atomic mass is 16.4. The molecule has 1 unspecified atom stereocenters. The summed E-state index contributed by atoms with van der Waals surface area (Å²) in [5.41, 5.74) is -0.839. The second-order valence-corrected chi connectivity index (χ2v) is 2.93. The molecular weight excluding hydrogens is 154 g/mol. The Morgan fingerprint density at radius 2 is 2.25 bits per heavy atom. The summed E-state index contributed by atoms with van der Waals surface area (Å²) < 4.78 is 0. The van der Waals surface area contributed by atoms with Crippen LogP contribution in [0.25, 0.3) is 0 Å². The van der Waals surface area contributed by atoms with Crippen molar-refractivity contribution in [2.75, 3.05) is 0 Å². The Balaban J connectivity index is 2.42. The second kappa shape index (κ2) is 2.24. The fourth-order valence-corrected chi connectivity index (χ4v) is 1.55. The molecule has 0 fully saturated rings. The van der Waals surface area contributed by atoms with E-state index >= 15 is 0 Å². The number of carbonyl (C=O) groups is 1. The maximum atomic E-state index is 11.0. The minimum atomic E-state index is -0.839. The van der Waals surface area contributed by atoms with Crippen molar-refractivity contribution in [2.45, 2.75) is 12.0 Å². The third kappa shape index (κ3) is 0.733. The van der Waals surface area contributed by atoms with Gasteiger partial charge in [0.15, 0.2) is 5.54 Å². The van der Waals surface area contributed by atoms with Gasteiger partial charge in [0.2, 0.25) is 0 Å². The van der Waals surface area contributed by atoms with Crippen LogP contribution in [0.2, 0.25) is 0 Å². The predicted molar refractivity (Wildman–Crippen MR) is 44.2 cm³/mol. The summed E-state index contributed by atoms with van der Waals surface area (Å²) in [5.74, 6) is -0.798. The molecule has 0 spiro atoms. The minimum Gasteiger partial charge on any atom is -0.479 e. The topological polar surface area (TPSA) is 40.5 Å². The predicted octanol–water partition coefficient (Wildman–Crippen LogP) is 1.11. The highest BCUT2D eigenvalue weighted by Gasteiger charge is 2.42. The Morgan fingerprint density at radius 1 is 1.42 bits per heavy atom. The molecule has 62 valence electrons. The van der Waals surface area contributed by atoms with Crippen LogP contribution in [0.5, 0.6) is 0 Å². The summed E-state index contributed by atoms with van der Waals surface area (Å²) in [4.78, 5) is 12.7. The normalized spacial score (nSPS) is 30.8. The maximum absolute atomic E-state index is 11.0. The van der Waals surface area contributed by atoms with Crippen LogP contribution < -0.4 is 0 Å². The number of fused-ring (bicyclic) bond motifs is 1. The van der Waals surface area contributed by atoms with Crippen LogP contribution in [0, 0.1) is 0 Å². The lowest BCUT2D eigenvalue weighted by molar-refractivity contribution is -0.145. The number of hydrogen-bond acceptors (Lipinski definition) is 2. The molecule has 0 bridgehead atoms. The zero-order valence-corrected chi connectivity index (χ0v) is 6.47. The van der Waals surface area contributed by atoms with Crippen LogP contribution in [0.4, 0.5) is 0 Å². The fraction of sp³-hybridized carbons (Fsp3) is 0.222. The number of aliphatic carboxylic acids is 1.